The van der Waals surface area contributed by atoms with Crippen LogP contribution in [0.25, 0.3) is 0 Å². The fourth-order valence-corrected chi connectivity index (χ4v) is 7.81. The molecule has 1 unspecified atom stereocenters. The summed E-state index contributed by atoms with van der Waals surface area (Å²) in [6.07, 6.45) is 5.01. The third kappa shape index (κ3) is 7.80. The van der Waals surface area contributed by atoms with Crippen LogP contribution in [0.2, 0.25) is 10.0 Å². The van der Waals surface area contributed by atoms with Crippen LogP contribution >= 0.6 is 23.2 Å². The molecule has 12 heteroatoms. The monoisotopic (exact) mass is 705 g/mol. The maximum absolute atomic E-state index is 14.7. The molecule has 1 aliphatic heterocycles. The molecule has 2 atom stereocenters. The van der Waals surface area contributed by atoms with E-state index >= 15 is 0 Å². The number of benzene rings is 3. The highest BCUT2D eigenvalue weighted by atomic mass is 35.5. The minimum absolute atomic E-state index is 0.123. The van der Waals surface area contributed by atoms with Crippen LogP contribution in [-0.2, 0) is 11.4 Å². The number of carbonyl (C=O) groups excluding carboxylic acids is 2. The van der Waals surface area contributed by atoms with Gasteiger partial charge in [-0.25, -0.2) is 5.43 Å². The van der Waals surface area contributed by atoms with Crippen molar-refractivity contribution in [3.8, 4) is 5.75 Å². The zero-order valence-corrected chi connectivity index (χ0v) is 29.4. The highest BCUT2D eigenvalue weighted by Crippen LogP contribution is 2.53. The number of carbonyl (C=O) groups is 2. The predicted molar refractivity (Wildman–Crippen MR) is 193 cm³/mol. The molecule has 1 heterocycles. The van der Waals surface area contributed by atoms with Gasteiger partial charge in [-0.2, -0.15) is 5.53 Å². The summed E-state index contributed by atoms with van der Waals surface area (Å²) in [5.74, 6) is 6.67. The molecule has 2 fully saturated rings. The van der Waals surface area contributed by atoms with Gasteiger partial charge in [-0.3, -0.25) is 20.4 Å². The highest BCUT2D eigenvalue weighted by Gasteiger charge is 2.55. The Morgan fingerprint density at radius 1 is 1.00 bits per heavy atom. The Morgan fingerprint density at radius 2 is 1.65 bits per heavy atom. The van der Waals surface area contributed by atoms with E-state index in [9.17, 15) is 9.59 Å². The first-order valence-corrected chi connectivity index (χ1v) is 17.8. The average molecular weight is 707 g/mol. The standard InChI is InChI=1S/C37H45Cl2N7O3/c1-22(2)24-14-16-37(17-15-24)43-32(28-18-29(38)34(30(39)19-28)49-21-23-6-4-3-5-7-23)36(48)46(37)33(25-8-9-25)26-10-12-27(13-11-26)35(47)42-20-31(40)44-45-41/h3-7,10-13,18-19,22,24-25,31,33,44-45H,8-9,14-17,20-21,40-41H2,1-2H3,(H,42,47)/t24?,31?,33-,37?/m1/s1. The lowest BCUT2D eigenvalue weighted by molar-refractivity contribution is -0.134. The van der Waals surface area contributed by atoms with E-state index in [-0.39, 0.29) is 24.4 Å². The average Bonchev–Trinajstić information content (AvgIpc) is 3.90. The molecule has 10 nitrogen and oxygen atoms in total. The van der Waals surface area contributed by atoms with Crippen LogP contribution in [0, 0.1) is 17.8 Å². The lowest BCUT2D eigenvalue weighted by Crippen LogP contribution is -2.54. The molecule has 49 heavy (non-hydrogen) atoms. The molecule has 3 aromatic rings. The number of nitrogens with two attached hydrogens (primary N) is 2. The van der Waals surface area contributed by atoms with E-state index in [1.807, 2.05) is 42.5 Å². The summed E-state index contributed by atoms with van der Waals surface area (Å²) in [6, 6.07) is 20.6. The van der Waals surface area contributed by atoms with Crippen molar-refractivity contribution in [3.63, 3.8) is 0 Å². The quantitative estimate of drug-likeness (QED) is 0.0848. The van der Waals surface area contributed by atoms with Gasteiger partial charge in [-0.05, 0) is 91.7 Å². The van der Waals surface area contributed by atoms with Crippen molar-refractivity contribution >= 4 is 40.7 Å². The highest BCUT2D eigenvalue weighted by molar-refractivity contribution is 6.48. The predicted octanol–water partition coefficient (Wildman–Crippen LogP) is 5.88. The Hall–Kier alpha value is -3.51. The van der Waals surface area contributed by atoms with Crippen molar-refractivity contribution in [2.24, 2.45) is 34.3 Å². The molecule has 260 valence electrons. The summed E-state index contributed by atoms with van der Waals surface area (Å²) in [7, 11) is 0. The van der Waals surface area contributed by atoms with Crippen LogP contribution in [0.4, 0.5) is 0 Å². The molecule has 2 aliphatic carbocycles. The number of hydrazine groups is 2. The van der Waals surface area contributed by atoms with Gasteiger partial charge in [-0.15, -0.1) is 0 Å². The minimum atomic E-state index is -0.678. The van der Waals surface area contributed by atoms with Gasteiger partial charge in [0, 0.05) is 17.7 Å². The number of rotatable bonds is 13. The number of halogens is 2. The molecule has 0 aromatic heterocycles. The third-order valence-corrected chi connectivity index (χ3v) is 10.6. The Bertz CT molecular complexity index is 1650. The van der Waals surface area contributed by atoms with Gasteiger partial charge in [-0.1, -0.05) is 79.5 Å². The van der Waals surface area contributed by atoms with Gasteiger partial charge in [0.25, 0.3) is 11.8 Å². The van der Waals surface area contributed by atoms with Crippen molar-refractivity contribution < 1.29 is 14.3 Å². The van der Waals surface area contributed by atoms with Crippen LogP contribution in [0.5, 0.6) is 5.75 Å². The molecule has 6 rings (SSSR count). The number of hydrogen-bond acceptors (Lipinski definition) is 8. The molecule has 0 radical (unpaired) electrons. The maximum Gasteiger partial charge on any atom is 0.275 e. The number of aliphatic imine (C=N–C) groups is 1. The summed E-state index contributed by atoms with van der Waals surface area (Å²) in [6.45, 7) is 5.04. The molecule has 7 N–H and O–H groups in total. The summed E-state index contributed by atoms with van der Waals surface area (Å²) in [5.41, 5.74) is 13.5. The molecular weight excluding hydrogens is 661 g/mol. The normalized spacial score (nSPS) is 21.9. The van der Waals surface area contributed by atoms with Crippen molar-refractivity contribution in [2.45, 2.75) is 76.8 Å². The Labute approximate surface area is 297 Å². The van der Waals surface area contributed by atoms with Gasteiger partial charge in [0.05, 0.1) is 22.3 Å². The largest absolute Gasteiger partial charge is 0.486 e. The van der Waals surface area contributed by atoms with Gasteiger partial charge < -0.3 is 20.7 Å². The van der Waals surface area contributed by atoms with E-state index in [2.05, 4.69) is 35.0 Å². The van der Waals surface area contributed by atoms with E-state index in [0.717, 1.165) is 49.7 Å². The van der Waals surface area contributed by atoms with Crippen molar-refractivity contribution in [2.75, 3.05) is 6.54 Å². The number of nitrogens with zero attached hydrogens (tertiary/aromatic N) is 2. The van der Waals surface area contributed by atoms with E-state index < -0.39 is 11.8 Å². The third-order valence-electron chi connectivity index (χ3n) is 10.1. The second kappa shape index (κ2) is 15.2. The van der Waals surface area contributed by atoms with Crippen LogP contribution in [0.3, 0.4) is 0 Å². The molecule has 2 saturated carbocycles. The first-order valence-electron chi connectivity index (χ1n) is 17.0. The number of hydrogen-bond donors (Lipinski definition) is 5. The van der Waals surface area contributed by atoms with Crippen molar-refractivity contribution in [3.05, 3.63) is 99.0 Å². The van der Waals surface area contributed by atoms with E-state index in [1.54, 1.807) is 24.3 Å². The van der Waals surface area contributed by atoms with Gasteiger partial charge in [0.2, 0.25) is 0 Å². The molecule has 3 aromatic carbocycles. The van der Waals surface area contributed by atoms with E-state index in [4.69, 9.17) is 44.5 Å². The summed E-state index contributed by atoms with van der Waals surface area (Å²) in [5, 5.41) is 3.46. The minimum Gasteiger partial charge on any atom is -0.486 e. The SMILES string of the molecule is CC(C)C1CCC2(CC1)N=C(c1cc(Cl)c(OCc3ccccc3)c(Cl)c1)C(=O)N2[C@@H](c1ccc(C(=O)NCC(N)NNN)cc1)C1CC1. The fourth-order valence-electron chi connectivity index (χ4n) is 7.21. The van der Waals surface area contributed by atoms with Gasteiger partial charge in [0.1, 0.15) is 18.0 Å². The number of amides is 2. The Kier molecular flexibility index (Phi) is 10.9. The van der Waals surface area contributed by atoms with Gasteiger partial charge in [0.15, 0.2) is 5.75 Å². The molecule has 3 aliphatic rings. The van der Waals surface area contributed by atoms with Crippen LogP contribution in [0.1, 0.15) is 85.5 Å². The Morgan fingerprint density at radius 3 is 2.24 bits per heavy atom. The molecule has 2 amide bonds. The molecule has 1 spiro atoms. The second-order valence-corrected chi connectivity index (χ2v) is 14.6. The van der Waals surface area contributed by atoms with Crippen LogP contribution in [-0.4, -0.2) is 40.8 Å². The number of nitrogens with one attached hydrogen (secondary N) is 3. The zero-order valence-electron chi connectivity index (χ0n) is 27.9. The molecule has 0 saturated heterocycles. The topological polar surface area (TPSA) is 147 Å². The van der Waals surface area contributed by atoms with Gasteiger partial charge >= 0.3 is 0 Å². The van der Waals surface area contributed by atoms with Crippen molar-refractivity contribution in [1.29, 1.82) is 0 Å². The molecule has 0 bridgehead atoms. The zero-order chi connectivity index (χ0) is 34.7. The summed E-state index contributed by atoms with van der Waals surface area (Å²) < 4.78 is 6.02. The number of ether oxygens (including phenoxy) is 1. The summed E-state index contributed by atoms with van der Waals surface area (Å²) >= 11 is 13.5. The van der Waals surface area contributed by atoms with E-state index in [1.165, 1.54) is 0 Å². The lowest BCUT2D eigenvalue weighted by atomic mass is 9.76. The fraction of sp³-hybridized carbons (Fsp3) is 0.432. The van der Waals surface area contributed by atoms with Crippen LogP contribution in [0.15, 0.2) is 71.7 Å². The summed E-state index contributed by atoms with van der Waals surface area (Å²) in [4.78, 5) is 34.9. The van der Waals surface area contributed by atoms with Crippen molar-refractivity contribution in [1.82, 2.24) is 21.2 Å². The molecular formula is C37H45Cl2N7O3. The maximum atomic E-state index is 14.7. The van der Waals surface area contributed by atoms with E-state index in [0.29, 0.717) is 57.0 Å². The van der Waals surface area contributed by atoms with Crippen LogP contribution < -0.4 is 32.6 Å². The first kappa shape index (κ1) is 35.3. The first-order chi connectivity index (χ1) is 23.6. The smallest absolute Gasteiger partial charge is 0.275 e. The Balaban J connectivity index is 1.29. The second-order valence-electron chi connectivity index (χ2n) is 13.8. The lowest BCUT2D eigenvalue weighted by Gasteiger charge is -2.46.